The molecule has 7 nitrogen and oxygen atoms in total. The van der Waals surface area contributed by atoms with Gasteiger partial charge in [-0.2, -0.15) is 0 Å². The number of benzene rings is 1. The van der Waals surface area contributed by atoms with Crippen LogP contribution in [0, 0.1) is 5.92 Å². The van der Waals surface area contributed by atoms with Crippen LogP contribution >= 0.6 is 0 Å². The number of para-hydroxylation sites is 1. The minimum absolute atomic E-state index is 0.150. The van der Waals surface area contributed by atoms with E-state index in [2.05, 4.69) is 10.3 Å². The highest BCUT2D eigenvalue weighted by Gasteiger charge is 2.28. The molecule has 0 saturated heterocycles. The van der Waals surface area contributed by atoms with Gasteiger partial charge in [-0.1, -0.05) is 24.3 Å². The molecule has 124 valence electrons. The van der Waals surface area contributed by atoms with Gasteiger partial charge < -0.3 is 11.1 Å². The summed E-state index contributed by atoms with van der Waals surface area (Å²) in [6, 6.07) is 6.62. The number of hydrogen-bond acceptors (Lipinski definition) is 4. The first-order chi connectivity index (χ1) is 11.6. The quantitative estimate of drug-likeness (QED) is 0.790. The van der Waals surface area contributed by atoms with E-state index in [1.807, 2.05) is 12.2 Å². The maximum atomic E-state index is 12.4. The lowest BCUT2D eigenvalue weighted by molar-refractivity contribution is -0.125. The van der Waals surface area contributed by atoms with E-state index < -0.39 is 11.8 Å². The van der Waals surface area contributed by atoms with E-state index in [1.54, 1.807) is 24.3 Å². The van der Waals surface area contributed by atoms with Crippen molar-refractivity contribution in [1.29, 1.82) is 0 Å². The van der Waals surface area contributed by atoms with Crippen LogP contribution in [0.3, 0.4) is 0 Å². The number of nitrogens with one attached hydrogen (secondary N) is 1. The van der Waals surface area contributed by atoms with Crippen LogP contribution in [0.2, 0.25) is 0 Å². The van der Waals surface area contributed by atoms with Crippen molar-refractivity contribution in [2.75, 3.05) is 0 Å². The van der Waals surface area contributed by atoms with Gasteiger partial charge in [-0.05, 0) is 25.0 Å². The smallest absolute Gasteiger partial charge is 0.261 e. The van der Waals surface area contributed by atoms with Crippen molar-refractivity contribution >= 4 is 22.7 Å². The first kappa shape index (κ1) is 15.9. The lowest BCUT2D eigenvalue weighted by Gasteiger charge is -2.27. The summed E-state index contributed by atoms with van der Waals surface area (Å²) in [6.45, 7) is -0.150. The van der Waals surface area contributed by atoms with Crippen molar-refractivity contribution in [1.82, 2.24) is 14.9 Å². The monoisotopic (exact) mass is 326 g/mol. The van der Waals surface area contributed by atoms with Gasteiger partial charge in [0.1, 0.15) is 6.54 Å². The number of hydrogen-bond donors (Lipinski definition) is 2. The molecule has 24 heavy (non-hydrogen) atoms. The number of nitrogens with two attached hydrogens (primary N) is 1. The molecular weight excluding hydrogens is 308 g/mol. The van der Waals surface area contributed by atoms with Gasteiger partial charge in [-0.3, -0.25) is 19.0 Å². The van der Waals surface area contributed by atoms with Crippen LogP contribution < -0.4 is 16.6 Å². The van der Waals surface area contributed by atoms with Crippen LogP contribution in [0.15, 0.2) is 47.5 Å². The largest absolute Gasteiger partial charge is 0.369 e. The Hall–Kier alpha value is -2.96. The lowest BCUT2D eigenvalue weighted by Crippen LogP contribution is -2.47. The van der Waals surface area contributed by atoms with E-state index in [9.17, 15) is 14.4 Å². The fraction of sp³-hybridized carbons (Fsp3) is 0.294. The SMILES string of the molecule is NC(=O)[C@@H]1CC=CC[C@H]1NC(=O)Cn1cnc2ccccc2c1=O. The van der Waals surface area contributed by atoms with E-state index in [-0.39, 0.29) is 24.1 Å². The molecule has 0 aliphatic heterocycles. The summed E-state index contributed by atoms with van der Waals surface area (Å²) in [5.41, 5.74) is 5.70. The second kappa shape index (κ2) is 6.66. The maximum absolute atomic E-state index is 12.4. The molecule has 1 aromatic heterocycles. The summed E-state index contributed by atoms with van der Waals surface area (Å²) in [5, 5.41) is 3.26. The zero-order valence-electron chi connectivity index (χ0n) is 13.0. The molecule has 0 radical (unpaired) electrons. The standard InChI is InChI=1S/C17H18N4O3/c18-16(23)11-5-1-4-8-14(11)20-15(22)9-21-10-19-13-7-3-2-6-12(13)17(21)24/h1-4,6-7,10-11,14H,5,8-9H2,(H2,18,23)(H,20,22)/t11-,14-/m1/s1. The molecule has 1 aromatic carbocycles. The molecule has 2 aromatic rings. The second-order valence-electron chi connectivity index (χ2n) is 5.82. The molecule has 2 atom stereocenters. The number of rotatable bonds is 4. The number of amides is 2. The molecule has 1 aliphatic rings. The van der Waals surface area contributed by atoms with Gasteiger partial charge in [0, 0.05) is 6.04 Å². The van der Waals surface area contributed by atoms with E-state index >= 15 is 0 Å². The van der Waals surface area contributed by atoms with Crippen LogP contribution in [0.4, 0.5) is 0 Å². The third-order valence-corrected chi connectivity index (χ3v) is 4.19. The van der Waals surface area contributed by atoms with Crippen LogP contribution in [0.1, 0.15) is 12.8 Å². The fourth-order valence-electron chi connectivity index (χ4n) is 2.91. The third-order valence-electron chi connectivity index (χ3n) is 4.19. The van der Waals surface area contributed by atoms with E-state index in [0.717, 1.165) is 0 Å². The van der Waals surface area contributed by atoms with E-state index in [4.69, 9.17) is 5.73 Å². The van der Waals surface area contributed by atoms with Crippen molar-refractivity contribution in [2.45, 2.75) is 25.4 Å². The van der Waals surface area contributed by atoms with Crippen molar-refractivity contribution in [3.8, 4) is 0 Å². The Morgan fingerprint density at radius 2 is 2.00 bits per heavy atom. The zero-order valence-corrected chi connectivity index (χ0v) is 13.0. The minimum atomic E-state index is -0.436. The summed E-state index contributed by atoms with van der Waals surface area (Å²) < 4.78 is 1.26. The normalized spacial score (nSPS) is 20.0. The number of primary amides is 1. The highest BCUT2D eigenvalue weighted by molar-refractivity contribution is 5.81. The molecule has 2 amide bonds. The van der Waals surface area contributed by atoms with E-state index in [1.165, 1.54) is 10.9 Å². The number of nitrogens with zero attached hydrogens (tertiary/aromatic N) is 2. The number of carbonyl (C=O) groups excluding carboxylic acids is 2. The lowest BCUT2D eigenvalue weighted by atomic mass is 9.88. The molecule has 3 N–H and O–H groups in total. The van der Waals surface area contributed by atoms with Gasteiger partial charge in [0.15, 0.2) is 0 Å². The number of aromatic nitrogens is 2. The molecule has 1 heterocycles. The van der Waals surface area contributed by atoms with Gasteiger partial charge in [0.25, 0.3) is 5.56 Å². The van der Waals surface area contributed by atoms with Crippen LogP contribution in [0.5, 0.6) is 0 Å². The van der Waals surface area contributed by atoms with Gasteiger partial charge in [-0.25, -0.2) is 4.98 Å². The van der Waals surface area contributed by atoms with Crippen molar-refractivity contribution in [3.05, 3.63) is 53.1 Å². The third kappa shape index (κ3) is 3.19. The number of fused-ring (bicyclic) bond motifs is 1. The van der Waals surface area contributed by atoms with Gasteiger partial charge in [0.2, 0.25) is 11.8 Å². The molecule has 0 fully saturated rings. The Balaban J connectivity index is 1.75. The van der Waals surface area contributed by atoms with Gasteiger partial charge >= 0.3 is 0 Å². The van der Waals surface area contributed by atoms with Crippen LogP contribution in [-0.2, 0) is 16.1 Å². The summed E-state index contributed by atoms with van der Waals surface area (Å²) in [5.74, 6) is -1.21. The number of allylic oxidation sites excluding steroid dienone is 1. The van der Waals surface area contributed by atoms with Crippen molar-refractivity contribution in [2.24, 2.45) is 11.7 Å². The first-order valence-electron chi connectivity index (χ1n) is 7.74. The Kier molecular flexibility index (Phi) is 4.41. The predicted octanol–water partition coefficient (Wildman–Crippen LogP) is 0.333. The maximum Gasteiger partial charge on any atom is 0.261 e. The summed E-state index contributed by atoms with van der Waals surface area (Å²) in [6.07, 6.45) is 6.21. The molecular formula is C17H18N4O3. The number of carbonyl (C=O) groups is 2. The average Bonchev–Trinajstić information content (AvgIpc) is 2.58. The van der Waals surface area contributed by atoms with Crippen LogP contribution in [0.25, 0.3) is 10.9 Å². The Labute approximate surface area is 138 Å². The van der Waals surface area contributed by atoms with Crippen molar-refractivity contribution < 1.29 is 9.59 Å². The van der Waals surface area contributed by atoms with Crippen LogP contribution in [-0.4, -0.2) is 27.4 Å². The highest BCUT2D eigenvalue weighted by atomic mass is 16.2. The second-order valence-corrected chi connectivity index (χ2v) is 5.82. The topological polar surface area (TPSA) is 107 Å². The minimum Gasteiger partial charge on any atom is -0.369 e. The predicted molar refractivity (Wildman–Crippen MR) is 89.0 cm³/mol. The summed E-state index contributed by atoms with van der Waals surface area (Å²) >= 11 is 0. The Morgan fingerprint density at radius 1 is 1.25 bits per heavy atom. The van der Waals surface area contributed by atoms with Crippen molar-refractivity contribution in [3.63, 3.8) is 0 Å². The summed E-state index contributed by atoms with van der Waals surface area (Å²) in [7, 11) is 0. The highest BCUT2D eigenvalue weighted by Crippen LogP contribution is 2.18. The average molecular weight is 326 g/mol. The fourth-order valence-corrected chi connectivity index (χ4v) is 2.91. The Morgan fingerprint density at radius 3 is 2.79 bits per heavy atom. The van der Waals surface area contributed by atoms with Gasteiger partial charge in [0.05, 0.1) is 23.1 Å². The molecule has 0 unspecified atom stereocenters. The molecule has 3 rings (SSSR count). The zero-order chi connectivity index (χ0) is 17.1. The first-order valence-corrected chi connectivity index (χ1v) is 7.74. The molecule has 0 bridgehead atoms. The van der Waals surface area contributed by atoms with Gasteiger partial charge in [-0.15, -0.1) is 0 Å². The van der Waals surface area contributed by atoms with E-state index in [0.29, 0.717) is 23.7 Å². The molecule has 0 saturated carbocycles. The Bertz CT molecular complexity index is 872. The summed E-state index contributed by atoms with van der Waals surface area (Å²) in [4.78, 5) is 40.3. The molecule has 1 aliphatic carbocycles. The molecule has 7 heteroatoms. The molecule has 0 spiro atoms.